The van der Waals surface area contributed by atoms with Crippen molar-refractivity contribution in [3.63, 3.8) is 0 Å². The predicted molar refractivity (Wildman–Crippen MR) is 95.7 cm³/mol. The molecule has 5 nitrogen and oxygen atoms in total. The van der Waals surface area contributed by atoms with Crippen LogP contribution in [0.5, 0.6) is 5.75 Å². The average molecular weight is 336 g/mol. The standard InChI is InChI=1S/C20H20N2O3/c23-18-8-7-16-10-11-22(14-17(16)12-18)20(25)13-21-19(24)9-6-15-4-2-1-3-5-15/h1-9,12,23H,10-11,13-14H2,(H,21,24)/b9-6+. The van der Waals surface area contributed by atoms with Crippen LogP contribution in [0.25, 0.3) is 6.08 Å². The molecule has 0 saturated heterocycles. The van der Waals surface area contributed by atoms with Crippen LogP contribution in [-0.2, 0) is 22.6 Å². The van der Waals surface area contributed by atoms with Gasteiger partial charge in [0.1, 0.15) is 5.75 Å². The molecular formula is C20H20N2O3. The summed E-state index contributed by atoms with van der Waals surface area (Å²) in [6, 6.07) is 14.7. The van der Waals surface area contributed by atoms with Crippen molar-refractivity contribution in [3.05, 3.63) is 71.3 Å². The molecule has 25 heavy (non-hydrogen) atoms. The van der Waals surface area contributed by atoms with Crippen LogP contribution < -0.4 is 5.32 Å². The molecule has 2 amide bonds. The minimum atomic E-state index is -0.299. The van der Waals surface area contributed by atoms with E-state index in [9.17, 15) is 14.7 Å². The van der Waals surface area contributed by atoms with Gasteiger partial charge in [-0.2, -0.15) is 0 Å². The first-order valence-corrected chi connectivity index (χ1v) is 8.21. The Hall–Kier alpha value is -3.08. The first-order valence-electron chi connectivity index (χ1n) is 8.21. The molecule has 2 aromatic rings. The fourth-order valence-corrected chi connectivity index (χ4v) is 2.83. The van der Waals surface area contributed by atoms with Crippen LogP contribution in [0.4, 0.5) is 0 Å². The van der Waals surface area contributed by atoms with E-state index in [1.165, 1.54) is 6.08 Å². The highest BCUT2D eigenvalue weighted by atomic mass is 16.3. The van der Waals surface area contributed by atoms with Crippen LogP contribution in [0.2, 0.25) is 0 Å². The third-order valence-corrected chi connectivity index (χ3v) is 4.20. The van der Waals surface area contributed by atoms with Crippen molar-refractivity contribution < 1.29 is 14.7 Å². The lowest BCUT2D eigenvalue weighted by Gasteiger charge is -2.29. The third-order valence-electron chi connectivity index (χ3n) is 4.20. The molecule has 0 spiro atoms. The van der Waals surface area contributed by atoms with Gasteiger partial charge in [0.2, 0.25) is 11.8 Å². The smallest absolute Gasteiger partial charge is 0.244 e. The molecule has 1 aliphatic rings. The first kappa shape index (κ1) is 16.8. The molecule has 0 aliphatic carbocycles. The SMILES string of the molecule is O=C(/C=C/c1ccccc1)NCC(=O)N1CCc2ccc(O)cc2C1. The number of hydrogen-bond acceptors (Lipinski definition) is 3. The zero-order valence-electron chi connectivity index (χ0n) is 13.8. The largest absolute Gasteiger partial charge is 0.508 e. The summed E-state index contributed by atoms with van der Waals surface area (Å²) in [5.41, 5.74) is 3.03. The van der Waals surface area contributed by atoms with Crippen LogP contribution in [0.15, 0.2) is 54.6 Å². The highest BCUT2D eigenvalue weighted by Gasteiger charge is 2.20. The van der Waals surface area contributed by atoms with Crippen molar-refractivity contribution in [2.75, 3.05) is 13.1 Å². The second kappa shape index (κ2) is 7.66. The number of nitrogens with zero attached hydrogens (tertiary/aromatic N) is 1. The Kier molecular flexibility index (Phi) is 5.14. The Balaban J connectivity index is 1.51. The van der Waals surface area contributed by atoms with Crippen molar-refractivity contribution >= 4 is 17.9 Å². The topological polar surface area (TPSA) is 69.6 Å². The number of rotatable bonds is 4. The minimum absolute atomic E-state index is 0.0356. The summed E-state index contributed by atoms with van der Waals surface area (Å²) in [5, 5.41) is 12.2. The molecular weight excluding hydrogens is 316 g/mol. The van der Waals surface area contributed by atoms with E-state index in [4.69, 9.17) is 0 Å². The summed E-state index contributed by atoms with van der Waals surface area (Å²) in [5.74, 6) is -0.227. The number of phenols is 1. The number of hydrogen-bond donors (Lipinski definition) is 2. The Morgan fingerprint density at radius 3 is 2.72 bits per heavy atom. The van der Waals surface area contributed by atoms with Crippen LogP contribution in [0.1, 0.15) is 16.7 Å². The summed E-state index contributed by atoms with van der Waals surface area (Å²) >= 11 is 0. The lowest BCUT2D eigenvalue weighted by molar-refractivity contribution is -0.132. The van der Waals surface area contributed by atoms with Crippen LogP contribution >= 0.6 is 0 Å². The van der Waals surface area contributed by atoms with E-state index in [1.54, 1.807) is 23.1 Å². The number of aromatic hydroxyl groups is 1. The van der Waals surface area contributed by atoms with Crippen LogP contribution in [0, 0.1) is 0 Å². The summed E-state index contributed by atoms with van der Waals surface area (Å²) < 4.78 is 0. The molecule has 128 valence electrons. The van der Waals surface area contributed by atoms with Gasteiger partial charge < -0.3 is 15.3 Å². The van der Waals surface area contributed by atoms with Gasteiger partial charge in [-0.15, -0.1) is 0 Å². The second-order valence-electron chi connectivity index (χ2n) is 5.98. The maximum atomic E-state index is 12.3. The van der Waals surface area contributed by atoms with Gasteiger partial charge in [-0.1, -0.05) is 36.4 Å². The van der Waals surface area contributed by atoms with E-state index >= 15 is 0 Å². The molecule has 0 unspecified atom stereocenters. The molecule has 0 saturated carbocycles. The highest BCUT2D eigenvalue weighted by molar-refractivity contribution is 5.94. The first-order chi connectivity index (χ1) is 12.1. The molecule has 2 aromatic carbocycles. The van der Waals surface area contributed by atoms with Crippen molar-refractivity contribution in [2.45, 2.75) is 13.0 Å². The van der Waals surface area contributed by atoms with Gasteiger partial charge in [0.25, 0.3) is 0 Å². The van der Waals surface area contributed by atoms with Crippen LogP contribution in [-0.4, -0.2) is 34.9 Å². The third kappa shape index (κ3) is 4.47. The number of phenolic OH excluding ortho intramolecular Hbond substituents is 1. The van der Waals surface area contributed by atoms with Gasteiger partial charge in [-0.3, -0.25) is 9.59 Å². The molecule has 1 heterocycles. The summed E-state index contributed by atoms with van der Waals surface area (Å²) in [7, 11) is 0. The number of nitrogens with one attached hydrogen (secondary N) is 1. The molecule has 3 rings (SSSR count). The van der Waals surface area contributed by atoms with E-state index in [-0.39, 0.29) is 24.1 Å². The average Bonchev–Trinajstić information content (AvgIpc) is 2.64. The van der Waals surface area contributed by atoms with Gasteiger partial charge in [-0.05, 0) is 41.3 Å². The number of carbonyl (C=O) groups excluding carboxylic acids is 2. The van der Waals surface area contributed by atoms with Gasteiger partial charge in [0.15, 0.2) is 0 Å². The minimum Gasteiger partial charge on any atom is -0.508 e. The Bertz CT molecular complexity index is 800. The van der Waals surface area contributed by atoms with Crippen molar-refractivity contribution in [1.29, 1.82) is 0 Å². The molecule has 0 radical (unpaired) electrons. The maximum absolute atomic E-state index is 12.3. The summed E-state index contributed by atoms with van der Waals surface area (Å²) in [6.07, 6.45) is 3.88. The summed E-state index contributed by atoms with van der Waals surface area (Å²) in [4.78, 5) is 25.8. The van der Waals surface area contributed by atoms with E-state index in [0.29, 0.717) is 13.1 Å². The molecule has 1 aliphatic heterocycles. The molecule has 5 heteroatoms. The molecule has 2 N–H and O–H groups in total. The monoisotopic (exact) mass is 336 g/mol. The van der Waals surface area contributed by atoms with Gasteiger partial charge in [-0.25, -0.2) is 0 Å². The molecule has 0 atom stereocenters. The quantitative estimate of drug-likeness (QED) is 0.840. The maximum Gasteiger partial charge on any atom is 0.244 e. The number of fused-ring (bicyclic) bond motifs is 1. The van der Waals surface area contributed by atoms with E-state index < -0.39 is 0 Å². The molecule has 0 fully saturated rings. The number of carbonyl (C=O) groups is 2. The Labute approximate surface area is 146 Å². The summed E-state index contributed by atoms with van der Waals surface area (Å²) in [6.45, 7) is 1.04. The predicted octanol–water partition coefficient (Wildman–Crippen LogP) is 2.11. The van der Waals surface area contributed by atoms with E-state index in [1.807, 2.05) is 36.4 Å². The number of amides is 2. The zero-order chi connectivity index (χ0) is 17.6. The fraction of sp³-hybridized carbons (Fsp3) is 0.200. The zero-order valence-corrected chi connectivity index (χ0v) is 13.8. The lowest BCUT2D eigenvalue weighted by atomic mass is 9.99. The van der Waals surface area contributed by atoms with Crippen molar-refractivity contribution in [2.24, 2.45) is 0 Å². The Morgan fingerprint density at radius 2 is 1.92 bits per heavy atom. The normalized spacial score (nSPS) is 13.5. The molecule has 0 aromatic heterocycles. The lowest BCUT2D eigenvalue weighted by Crippen LogP contribution is -2.42. The van der Waals surface area contributed by atoms with E-state index in [2.05, 4.69) is 5.32 Å². The fourth-order valence-electron chi connectivity index (χ4n) is 2.83. The highest BCUT2D eigenvalue weighted by Crippen LogP contribution is 2.23. The van der Waals surface area contributed by atoms with Gasteiger partial charge in [0.05, 0.1) is 6.54 Å². The number of benzene rings is 2. The Morgan fingerprint density at radius 1 is 1.12 bits per heavy atom. The van der Waals surface area contributed by atoms with Crippen molar-refractivity contribution in [1.82, 2.24) is 10.2 Å². The van der Waals surface area contributed by atoms with Crippen LogP contribution in [0.3, 0.4) is 0 Å². The second-order valence-corrected chi connectivity index (χ2v) is 5.98. The van der Waals surface area contributed by atoms with Crippen molar-refractivity contribution in [3.8, 4) is 5.75 Å². The van der Waals surface area contributed by atoms with Gasteiger partial charge >= 0.3 is 0 Å². The van der Waals surface area contributed by atoms with Gasteiger partial charge in [0, 0.05) is 19.2 Å². The molecule has 0 bridgehead atoms. The van der Waals surface area contributed by atoms with E-state index in [0.717, 1.165) is 23.1 Å².